The van der Waals surface area contributed by atoms with Crippen molar-refractivity contribution in [2.75, 3.05) is 7.11 Å². The number of benzene rings is 1. The van der Waals surface area contributed by atoms with E-state index < -0.39 is 0 Å². The van der Waals surface area contributed by atoms with E-state index in [-0.39, 0.29) is 5.54 Å². The van der Waals surface area contributed by atoms with Gasteiger partial charge in [-0.2, -0.15) is 0 Å². The van der Waals surface area contributed by atoms with Gasteiger partial charge in [0.25, 0.3) is 0 Å². The molecule has 1 fully saturated rings. The molecule has 0 saturated heterocycles. The van der Waals surface area contributed by atoms with Crippen LogP contribution in [0.2, 0.25) is 5.02 Å². The van der Waals surface area contributed by atoms with Crippen LogP contribution in [0.1, 0.15) is 43.2 Å². The normalized spacial score (nSPS) is 19.1. The van der Waals surface area contributed by atoms with Gasteiger partial charge in [0, 0.05) is 16.1 Å². The summed E-state index contributed by atoms with van der Waals surface area (Å²) < 4.78 is 5.46. The number of rotatable bonds is 2. The maximum absolute atomic E-state index is 6.54. The molecule has 0 bridgehead atoms. The smallest absolute Gasteiger partial charge is 0.124 e. The number of methoxy groups -OCH3 is 1. The van der Waals surface area contributed by atoms with Gasteiger partial charge in [-0.05, 0) is 37.5 Å². The molecule has 0 unspecified atom stereocenters. The maximum atomic E-state index is 6.54. The van der Waals surface area contributed by atoms with Crippen LogP contribution in [0.25, 0.3) is 0 Å². The van der Waals surface area contributed by atoms with Crippen LogP contribution in [-0.2, 0) is 5.54 Å². The van der Waals surface area contributed by atoms with E-state index in [1.165, 1.54) is 19.3 Å². The van der Waals surface area contributed by atoms with Crippen LogP contribution in [0.15, 0.2) is 12.1 Å². The minimum Gasteiger partial charge on any atom is -0.496 e. The Morgan fingerprint density at radius 1 is 1.24 bits per heavy atom. The Morgan fingerprint density at radius 2 is 1.88 bits per heavy atom. The fourth-order valence-electron chi connectivity index (χ4n) is 2.67. The Hall–Kier alpha value is -0.730. The van der Waals surface area contributed by atoms with Crippen LogP contribution >= 0.6 is 11.6 Å². The number of aryl methyl sites for hydroxylation is 1. The van der Waals surface area contributed by atoms with Crippen LogP contribution < -0.4 is 10.5 Å². The van der Waals surface area contributed by atoms with Crippen molar-refractivity contribution in [2.45, 2.75) is 44.6 Å². The highest BCUT2D eigenvalue weighted by atomic mass is 35.5. The third-order valence-electron chi connectivity index (χ3n) is 3.76. The van der Waals surface area contributed by atoms with Gasteiger partial charge in [-0.1, -0.05) is 30.9 Å². The van der Waals surface area contributed by atoms with Gasteiger partial charge in [0.05, 0.1) is 7.11 Å². The second-order valence-electron chi connectivity index (χ2n) is 5.02. The van der Waals surface area contributed by atoms with Crippen LogP contribution in [0.5, 0.6) is 5.75 Å². The lowest BCUT2D eigenvalue weighted by atomic mass is 9.77. The summed E-state index contributed by atoms with van der Waals surface area (Å²) in [6.45, 7) is 1.98. The van der Waals surface area contributed by atoms with Crippen molar-refractivity contribution in [1.29, 1.82) is 0 Å². The molecule has 1 saturated carbocycles. The van der Waals surface area contributed by atoms with E-state index in [4.69, 9.17) is 22.1 Å². The summed E-state index contributed by atoms with van der Waals surface area (Å²) >= 11 is 6.21. The van der Waals surface area contributed by atoms with Crippen LogP contribution in [-0.4, -0.2) is 7.11 Å². The fourth-order valence-corrected chi connectivity index (χ4v) is 2.83. The molecule has 17 heavy (non-hydrogen) atoms. The zero-order chi connectivity index (χ0) is 12.5. The first kappa shape index (κ1) is 12.7. The quantitative estimate of drug-likeness (QED) is 0.871. The largest absolute Gasteiger partial charge is 0.496 e. The Balaban J connectivity index is 2.45. The molecule has 3 heteroatoms. The Labute approximate surface area is 108 Å². The molecule has 2 rings (SSSR count). The lowest BCUT2D eigenvalue weighted by molar-refractivity contribution is 0.289. The predicted molar refractivity (Wildman–Crippen MR) is 71.7 cm³/mol. The summed E-state index contributed by atoms with van der Waals surface area (Å²) in [5.41, 5.74) is 8.37. The molecule has 0 atom stereocenters. The lowest BCUT2D eigenvalue weighted by Crippen LogP contribution is -2.39. The van der Waals surface area contributed by atoms with E-state index in [1.54, 1.807) is 7.11 Å². The van der Waals surface area contributed by atoms with E-state index in [1.807, 2.05) is 19.1 Å². The van der Waals surface area contributed by atoms with Crippen molar-refractivity contribution in [3.05, 3.63) is 28.3 Å². The van der Waals surface area contributed by atoms with Gasteiger partial charge in [-0.3, -0.25) is 0 Å². The van der Waals surface area contributed by atoms with E-state index in [0.29, 0.717) is 0 Å². The van der Waals surface area contributed by atoms with E-state index in [0.717, 1.165) is 34.7 Å². The second kappa shape index (κ2) is 4.87. The molecule has 1 aromatic carbocycles. The Morgan fingerprint density at radius 3 is 2.47 bits per heavy atom. The SMILES string of the molecule is COc1cc(C)c(Cl)cc1C1(N)CCCCC1. The number of hydrogen-bond acceptors (Lipinski definition) is 2. The van der Waals surface area contributed by atoms with E-state index >= 15 is 0 Å². The predicted octanol–water partition coefficient (Wildman–Crippen LogP) is 3.78. The summed E-state index contributed by atoms with van der Waals surface area (Å²) in [7, 11) is 1.69. The summed E-state index contributed by atoms with van der Waals surface area (Å²) in [6.07, 6.45) is 5.68. The van der Waals surface area contributed by atoms with Crippen molar-refractivity contribution in [3.63, 3.8) is 0 Å². The van der Waals surface area contributed by atoms with Crippen molar-refractivity contribution in [2.24, 2.45) is 5.73 Å². The molecule has 2 N–H and O–H groups in total. The molecular formula is C14H20ClNO. The number of ether oxygens (including phenoxy) is 1. The molecule has 1 aliphatic carbocycles. The minimum absolute atomic E-state index is 0.263. The molecule has 0 amide bonds. The third-order valence-corrected chi connectivity index (χ3v) is 4.17. The highest BCUT2D eigenvalue weighted by molar-refractivity contribution is 6.31. The Kier molecular flexibility index (Phi) is 3.64. The minimum atomic E-state index is -0.263. The number of hydrogen-bond donors (Lipinski definition) is 1. The van der Waals surface area contributed by atoms with Crippen LogP contribution in [0.3, 0.4) is 0 Å². The summed E-state index contributed by atoms with van der Waals surface area (Å²) in [5.74, 6) is 0.872. The topological polar surface area (TPSA) is 35.2 Å². The first-order valence-corrected chi connectivity index (χ1v) is 6.58. The molecule has 0 heterocycles. The summed E-state index contributed by atoms with van der Waals surface area (Å²) in [4.78, 5) is 0. The van der Waals surface area contributed by atoms with Crippen molar-refractivity contribution >= 4 is 11.6 Å². The number of halogens is 1. The molecule has 2 nitrogen and oxygen atoms in total. The standard InChI is InChI=1S/C14H20ClNO/c1-10-8-13(17-2)11(9-12(10)15)14(16)6-4-3-5-7-14/h8-9H,3-7,16H2,1-2H3. The van der Waals surface area contributed by atoms with Gasteiger partial charge in [0.2, 0.25) is 0 Å². The third kappa shape index (κ3) is 2.43. The monoisotopic (exact) mass is 253 g/mol. The molecule has 0 aliphatic heterocycles. The Bertz CT molecular complexity index is 411. The number of nitrogens with two attached hydrogens (primary N) is 1. The van der Waals surface area contributed by atoms with Gasteiger partial charge in [0.15, 0.2) is 0 Å². The van der Waals surface area contributed by atoms with Crippen LogP contribution in [0, 0.1) is 6.92 Å². The van der Waals surface area contributed by atoms with Gasteiger partial charge in [-0.25, -0.2) is 0 Å². The average molecular weight is 254 g/mol. The summed E-state index contributed by atoms with van der Waals surface area (Å²) in [5, 5.41) is 0.774. The highest BCUT2D eigenvalue weighted by Gasteiger charge is 2.32. The first-order valence-electron chi connectivity index (χ1n) is 6.20. The average Bonchev–Trinajstić information content (AvgIpc) is 2.33. The van der Waals surface area contributed by atoms with Crippen molar-refractivity contribution < 1.29 is 4.74 Å². The zero-order valence-corrected chi connectivity index (χ0v) is 11.3. The summed E-state index contributed by atoms with van der Waals surface area (Å²) in [6, 6.07) is 3.97. The molecule has 0 aromatic heterocycles. The second-order valence-corrected chi connectivity index (χ2v) is 5.43. The molecule has 1 aliphatic rings. The van der Waals surface area contributed by atoms with Gasteiger partial charge in [0.1, 0.15) is 5.75 Å². The molecule has 94 valence electrons. The zero-order valence-electron chi connectivity index (χ0n) is 10.6. The van der Waals surface area contributed by atoms with Crippen molar-refractivity contribution in [3.8, 4) is 5.75 Å². The lowest BCUT2D eigenvalue weighted by Gasteiger charge is -2.35. The van der Waals surface area contributed by atoms with E-state index in [2.05, 4.69) is 0 Å². The highest BCUT2D eigenvalue weighted by Crippen LogP contribution is 2.41. The fraction of sp³-hybridized carbons (Fsp3) is 0.571. The van der Waals surface area contributed by atoms with Crippen LogP contribution in [0.4, 0.5) is 0 Å². The van der Waals surface area contributed by atoms with Gasteiger partial charge < -0.3 is 10.5 Å². The maximum Gasteiger partial charge on any atom is 0.124 e. The van der Waals surface area contributed by atoms with E-state index in [9.17, 15) is 0 Å². The first-order chi connectivity index (χ1) is 8.07. The van der Waals surface area contributed by atoms with Gasteiger partial charge >= 0.3 is 0 Å². The molecule has 0 radical (unpaired) electrons. The van der Waals surface area contributed by atoms with Gasteiger partial charge in [-0.15, -0.1) is 0 Å². The molecule has 1 aromatic rings. The molecular weight excluding hydrogens is 234 g/mol. The molecule has 0 spiro atoms. The van der Waals surface area contributed by atoms with Crippen molar-refractivity contribution in [1.82, 2.24) is 0 Å².